The first kappa shape index (κ1) is 18.2. The monoisotopic (exact) mass is 400 g/mol. The molecule has 0 saturated carbocycles. The lowest BCUT2D eigenvalue weighted by Crippen LogP contribution is -2.27. The maximum Gasteiger partial charge on any atom is 0.447 e. The number of rotatable bonds is 3. The first-order valence-electron chi connectivity index (χ1n) is 6.65. The lowest BCUT2D eigenvalue weighted by atomic mass is 10.1. The molecule has 0 aliphatic carbocycles. The van der Waals surface area contributed by atoms with Crippen molar-refractivity contribution in [3.63, 3.8) is 0 Å². The van der Waals surface area contributed by atoms with Crippen LogP contribution in [-0.2, 0) is 11.2 Å². The third-order valence-electron chi connectivity index (χ3n) is 3.47. The highest BCUT2D eigenvalue weighted by atomic mass is 35.5. The Morgan fingerprint density at radius 3 is 2.48 bits per heavy atom. The van der Waals surface area contributed by atoms with Crippen molar-refractivity contribution in [1.29, 1.82) is 0 Å². The number of hydrogen-bond donors (Lipinski definition) is 0. The number of hydrogen-bond acceptors (Lipinski definition) is 2. The quantitative estimate of drug-likeness (QED) is 0.472. The molecular formula is C15H7ClF6O2S. The van der Waals surface area contributed by atoms with Gasteiger partial charge < -0.3 is 9.29 Å². The topological polar surface area (TPSA) is 32.3 Å². The molecule has 2 aromatic carbocycles. The lowest BCUT2D eigenvalue weighted by Gasteiger charge is -2.16. The van der Waals surface area contributed by atoms with Crippen molar-refractivity contribution in [3.05, 3.63) is 52.3 Å². The zero-order valence-corrected chi connectivity index (χ0v) is 13.5. The van der Waals surface area contributed by atoms with E-state index in [1.807, 2.05) is 0 Å². The Hall–Kier alpha value is -1.58. The van der Waals surface area contributed by atoms with Crippen molar-refractivity contribution < 1.29 is 35.6 Å². The van der Waals surface area contributed by atoms with Crippen LogP contribution in [0, 0.1) is 5.82 Å². The van der Waals surface area contributed by atoms with Gasteiger partial charge in [0.1, 0.15) is 22.9 Å². The molecule has 0 amide bonds. The van der Waals surface area contributed by atoms with Gasteiger partial charge in [-0.3, -0.25) is 0 Å². The van der Waals surface area contributed by atoms with Gasteiger partial charge in [-0.25, -0.2) is 17.6 Å². The van der Waals surface area contributed by atoms with E-state index < -0.39 is 56.6 Å². The molecular weight excluding hydrogens is 394 g/mol. The van der Waals surface area contributed by atoms with Gasteiger partial charge in [-0.05, 0) is 24.3 Å². The van der Waals surface area contributed by atoms with Crippen LogP contribution in [0.2, 0.25) is 5.02 Å². The van der Waals surface area contributed by atoms with Crippen LogP contribution >= 0.6 is 11.6 Å². The third-order valence-corrected chi connectivity index (χ3v) is 5.22. The Labute approximate surface area is 145 Å². The minimum absolute atomic E-state index is 0.0892. The maximum absolute atomic E-state index is 13.8. The normalized spacial score (nSPS) is 21.5. The molecule has 0 saturated heterocycles. The second-order valence-electron chi connectivity index (χ2n) is 5.10. The molecule has 0 radical (unpaired) electrons. The smallest absolute Gasteiger partial charge is 0.447 e. The summed E-state index contributed by atoms with van der Waals surface area (Å²) in [6.45, 7) is 0. The van der Waals surface area contributed by atoms with Crippen LogP contribution in [0.5, 0.6) is 11.5 Å². The van der Waals surface area contributed by atoms with Gasteiger partial charge in [-0.15, -0.1) is 0 Å². The van der Waals surface area contributed by atoms with Crippen molar-refractivity contribution in [3.8, 4) is 11.5 Å². The highest BCUT2D eigenvalue weighted by Crippen LogP contribution is 2.55. The number of alkyl halides is 5. The van der Waals surface area contributed by atoms with E-state index in [0.717, 1.165) is 30.3 Å². The number of halogens is 7. The predicted molar refractivity (Wildman–Crippen MR) is 78.1 cm³/mol. The zero-order chi connectivity index (χ0) is 18.5. The van der Waals surface area contributed by atoms with Gasteiger partial charge in [0.25, 0.3) is 6.43 Å². The highest BCUT2D eigenvalue weighted by molar-refractivity contribution is 7.93. The van der Waals surface area contributed by atoms with Crippen molar-refractivity contribution in [2.45, 2.75) is 22.7 Å². The van der Waals surface area contributed by atoms with Crippen molar-refractivity contribution in [2.75, 3.05) is 0 Å². The van der Waals surface area contributed by atoms with Crippen molar-refractivity contribution >= 4 is 22.8 Å². The van der Waals surface area contributed by atoms with Crippen molar-refractivity contribution in [1.82, 2.24) is 0 Å². The Morgan fingerprint density at radius 2 is 1.88 bits per heavy atom. The minimum Gasteiger partial charge on any atom is -0.607 e. The molecule has 2 nitrogen and oxygen atoms in total. The first-order chi connectivity index (χ1) is 11.6. The molecule has 0 spiro atoms. The van der Waals surface area contributed by atoms with Gasteiger partial charge >= 0.3 is 5.25 Å². The summed E-state index contributed by atoms with van der Waals surface area (Å²) < 4.78 is 98.0. The fraction of sp³-hybridized carbons (Fsp3) is 0.200. The molecule has 2 aromatic rings. The molecule has 25 heavy (non-hydrogen) atoms. The van der Waals surface area contributed by atoms with Gasteiger partial charge in [0.15, 0.2) is 4.90 Å². The van der Waals surface area contributed by atoms with E-state index in [1.54, 1.807) is 0 Å². The Balaban J connectivity index is 2.12. The fourth-order valence-electron chi connectivity index (χ4n) is 2.43. The van der Waals surface area contributed by atoms with E-state index >= 15 is 0 Å². The van der Waals surface area contributed by atoms with Crippen LogP contribution < -0.4 is 4.74 Å². The summed E-state index contributed by atoms with van der Waals surface area (Å²) >= 11 is 2.31. The SMILES string of the molecule is [O-][S@@+]1c2c(ccc(Oc3cc(F)cc(Cl)c3)c2C(F)F)[C@H](F)C1(F)F. The summed E-state index contributed by atoms with van der Waals surface area (Å²) in [5.41, 5.74) is -1.92. The number of fused-ring (bicyclic) bond motifs is 1. The second kappa shape index (κ2) is 6.30. The molecule has 0 unspecified atom stereocenters. The molecule has 1 aliphatic heterocycles. The van der Waals surface area contributed by atoms with E-state index in [0.29, 0.717) is 0 Å². The van der Waals surface area contributed by atoms with Crippen LogP contribution in [-0.4, -0.2) is 9.81 Å². The van der Waals surface area contributed by atoms with E-state index in [-0.39, 0.29) is 10.8 Å². The molecule has 0 N–H and O–H groups in total. The Bertz CT molecular complexity index is 812. The average Bonchev–Trinajstić information content (AvgIpc) is 2.67. The average molecular weight is 401 g/mol. The minimum atomic E-state index is -4.33. The molecule has 3 rings (SSSR count). The van der Waals surface area contributed by atoms with E-state index in [1.165, 1.54) is 0 Å². The molecule has 1 aliphatic rings. The van der Waals surface area contributed by atoms with Gasteiger partial charge in [0, 0.05) is 11.1 Å². The van der Waals surface area contributed by atoms with Gasteiger partial charge in [0.05, 0.1) is 16.7 Å². The largest absolute Gasteiger partial charge is 0.607 e. The van der Waals surface area contributed by atoms with Gasteiger partial charge in [0.2, 0.25) is 6.17 Å². The fourth-order valence-corrected chi connectivity index (χ4v) is 4.00. The van der Waals surface area contributed by atoms with Crippen molar-refractivity contribution in [2.24, 2.45) is 0 Å². The van der Waals surface area contributed by atoms with Crippen LogP contribution in [0.3, 0.4) is 0 Å². The summed E-state index contributed by atoms with van der Waals surface area (Å²) in [6, 6.07) is 4.51. The second-order valence-corrected chi connectivity index (χ2v) is 7.02. The van der Waals surface area contributed by atoms with E-state index in [4.69, 9.17) is 16.3 Å². The molecule has 2 atom stereocenters. The molecule has 134 valence electrons. The van der Waals surface area contributed by atoms with Crippen LogP contribution in [0.15, 0.2) is 35.2 Å². The third kappa shape index (κ3) is 3.04. The summed E-state index contributed by atoms with van der Waals surface area (Å²) in [5, 5.41) is -4.42. The first-order valence-corrected chi connectivity index (χ1v) is 8.18. The summed E-state index contributed by atoms with van der Waals surface area (Å²) in [4.78, 5) is -1.01. The molecule has 1 heterocycles. The summed E-state index contributed by atoms with van der Waals surface area (Å²) in [7, 11) is 0. The summed E-state index contributed by atoms with van der Waals surface area (Å²) in [5.74, 6) is -1.74. The van der Waals surface area contributed by atoms with Gasteiger partial charge in [-0.1, -0.05) is 11.6 Å². The Kier molecular flexibility index (Phi) is 4.59. The molecule has 0 bridgehead atoms. The maximum atomic E-state index is 13.8. The van der Waals surface area contributed by atoms with E-state index in [9.17, 15) is 30.9 Å². The molecule has 0 fully saturated rings. The van der Waals surface area contributed by atoms with Crippen LogP contribution in [0.1, 0.15) is 23.7 Å². The van der Waals surface area contributed by atoms with Crippen LogP contribution in [0.4, 0.5) is 26.3 Å². The predicted octanol–water partition coefficient (Wildman–Crippen LogP) is 5.93. The molecule has 0 aromatic heterocycles. The number of benzene rings is 2. The standard InChI is InChI=1S/C15H7ClF6O2S/c16-6-3-7(17)5-8(4-6)24-10-2-1-9-12(11(10)14(19)20)25(23)15(21,22)13(9)18/h1-5,13-14H/t13-,25-/m0/s1. The highest BCUT2D eigenvalue weighted by Gasteiger charge is 2.63. The summed E-state index contributed by atoms with van der Waals surface area (Å²) in [6.07, 6.45) is -6.35. The van der Waals surface area contributed by atoms with Crippen LogP contribution in [0.25, 0.3) is 0 Å². The molecule has 10 heteroatoms. The Morgan fingerprint density at radius 1 is 1.20 bits per heavy atom. The van der Waals surface area contributed by atoms with Gasteiger partial charge in [-0.2, -0.15) is 8.78 Å². The number of ether oxygens (including phenoxy) is 1. The van der Waals surface area contributed by atoms with E-state index in [2.05, 4.69) is 0 Å². The zero-order valence-electron chi connectivity index (χ0n) is 11.9. The lowest BCUT2D eigenvalue weighted by molar-refractivity contribution is 0.0102.